The fourth-order valence-corrected chi connectivity index (χ4v) is 2.80. The van der Waals surface area contributed by atoms with Gasteiger partial charge in [0.1, 0.15) is 6.04 Å². The lowest BCUT2D eigenvalue weighted by molar-refractivity contribution is -0.141. The van der Waals surface area contributed by atoms with Gasteiger partial charge in [-0.05, 0) is 12.1 Å². The van der Waals surface area contributed by atoms with Gasteiger partial charge in [-0.25, -0.2) is 9.78 Å². The van der Waals surface area contributed by atoms with Crippen molar-refractivity contribution in [2.45, 2.75) is 25.3 Å². The van der Waals surface area contributed by atoms with Crippen molar-refractivity contribution in [3.63, 3.8) is 0 Å². The van der Waals surface area contributed by atoms with E-state index in [9.17, 15) is 9.59 Å². The van der Waals surface area contributed by atoms with Crippen LogP contribution in [0.1, 0.15) is 17.8 Å². The molecule has 2 N–H and O–H groups in total. The molecule has 0 saturated heterocycles. The topological polar surface area (TPSA) is 79.3 Å². The number of hydrogen-bond acceptors (Lipinski definition) is 4. The van der Waals surface area contributed by atoms with Crippen LogP contribution in [-0.2, 0) is 16.0 Å². The molecular weight excluding hydrogens is 288 g/mol. The second kappa shape index (κ2) is 6.86. The molecule has 1 amide bonds. The number of benzene rings is 1. The van der Waals surface area contributed by atoms with Gasteiger partial charge >= 0.3 is 5.97 Å². The molecule has 1 aromatic carbocycles. The Morgan fingerprint density at radius 2 is 2.19 bits per heavy atom. The average Bonchev–Trinajstić information content (AvgIpc) is 2.87. The van der Waals surface area contributed by atoms with Gasteiger partial charge in [0.15, 0.2) is 0 Å². The average molecular weight is 302 g/mol. The molecule has 0 bridgehead atoms. The zero-order valence-electron chi connectivity index (χ0n) is 11.2. The molecule has 0 spiro atoms. The van der Waals surface area contributed by atoms with Crippen LogP contribution in [0.4, 0.5) is 0 Å². The number of aromatic nitrogens is 1. The number of carbonyl (C=O) groups excluding carboxylic acids is 1. The van der Waals surface area contributed by atoms with E-state index in [1.54, 1.807) is 0 Å². The summed E-state index contributed by atoms with van der Waals surface area (Å²) in [6, 6.07) is 6.72. The molecule has 6 heteroatoms. The molecule has 1 heterocycles. The summed E-state index contributed by atoms with van der Waals surface area (Å²) in [5.74, 6) is 0.780. The van der Waals surface area contributed by atoms with Gasteiger partial charge in [-0.3, -0.25) is 4.79 Å². The number of thiazole rings is 1. The van der Waals surface area contributed by atoms with Crippen LogP contribution in [0, 0.1) is 12.3 Å². The molecule has 1 unspecified atom stereocenters. The first-order chi connectivity index (χ1) is 10.1. The van der Waals surface area contributed by atoms with E-state index in [-0.39, 0.29) is 18.7 Å². The number of nitrogens with one attached hydrogen (secondary N) is 1. The highest BCUT2D eigenvalue weighted by Crippen LogP contribution is 2.22. The number of carbonyl (C=O) groups is 2. The Bertz CT molecular complexity index is 669. The van der Waals surface area contributed by atoms with E-state index in [0.29, 0.717) is 6.42 Å². The Balaban J connectivity index is 1.91. The summed E-state index contributed by atoms with van der Waals surface area (Å²) in [5.41, 5.74) is 0.911. The zero-order valence-corrected chi connectivity index (χ0v) is 12.0. The molecule has 0 aliphatic rings. The van der Waals surface area contributed by atoms with E-state index in [0.717, 1.165) is 15.2 Å². The van der Waals surface area contributed by atoms with Crippen molar-refractivity contribution >= 4 is 33.4 Å². The number of carboxylic acid groups (broad SMARTS) is 1. The molecule has 108 valence electrons. The quantitative estimate of drug-likeness (QED) is 0.798. The third-order valence-electron chi connectivity index (χ3n) is 2.86. The van der Waals surface area contributed by atoms with Crippen molar-refractivity contribution in [2.24, 2.45) is 0 Å². The van der Waals surface area contributed by atoms with Gasteiger partial charge in [-0.15, -0.1) is 23.7 Å². The van der Waals surface area contributed by atoms with Crippen molar-refractivity contribution < 1.29 is 14.7 Å². The number of fused-ring (bicyclic) bond motifs is 1. The summed E-state index contributed by atoms with van der Waals surface area (Å²) in [5, 5.41) is 12.2. The highest BCUT2D eigenvalue weighted by molar-refractivity contribution is 7.18. The van der Waals surface area contributed by atoms with E-state index in [4.69, 9.17) is 11.5 Å². The van der Waals surface area contributed by atoms with Gasteiger partial charge in [0, 0.05) is 19.3 Å². The number of terminal acetylenes is 1. The van der Waals surface area contributed by atoms with Crippen LogP contribution >= 0.6 is 11.3 Å². The first-order valence-electron chi connectivity index (χ1n) is 6.40. The summed E-state index contributed by atoms with van der Waals surface area (Å²) in [6.07, 6.45) is 5.72. The minimum Gasteiger partial charge on any atom is -0.480 e. The number of para-hydroxylation sites is 1. The Labute approximate surface area is 126 Å². The van der Waals surface area contributed by atoms with Crippen LogP contribution < -0.4 is 5.32 Å². The summed E-state index contributed by atoms with van der Waals surface area (Å²) in [7, 11) is 0. The minimum atomic E-state index is -1.12. The second-order valence-corrected chi connectivity index (χ2v) is 5.56. The maximum atomic E-state index is 11.8. The first kappa shape index (κ1) is 15.0. The predicted octanol–water partition coefficient (Wildman–Crippen LogP) is 1.82. The van der Waals surface area contributed by atoms with Crippen LogP contribution in [0.3, 0.4) is 0 Å². The van der Waals surface area contributed by atoms with Gasteiger partial charge in [0.25, 0.3) is 0 Å². The van der Waals surface area contributed by atoms with Gasteiger partial charge in [-0.2, -0.15) is 0 Å². The lowest BCUT2D eigenvalue weighted by Gasteiger charge is -2.11. The van der Waals surface area contributed by atoms with Gasteiger partial charge in [0.05, 0.1) is 15.2 Å². The summed E-state index contributed by atoms with van der Waals surface area (Å²) in [4.78, 5) is 27.1. The summed E-state index contributed by atoms with van der Waals surface area (Å²) < 4.78 is 1.07. The summed E-state index contributed by atoms with van der Waals surface area (Å²) in [6.45, 7) is 0. The molecule has 0 saturated carbocycles. The highest BCUT2D eigenvalue weighted by Gasteiger charge is 2.18. The molecule has 0 fully saturated rings. The van der Waals surface area contributed by atoms with E-state index in [2.05, 4.69) is 16.2 Å². The van der Waals surface area contributed by atoms with Crippen molar-refractivity contribution in [1.82, 2.24) is 10.3 Å². The zero-order chi connectivity index (χ0) is 15.2. The Morgan fingerprint density at radius 1 is 1.43 bits per heavy atom. The predicted molar refractivity (Wildman–Crippen MR) is 81.0 cm³/mol. The Hall–Kier alpha value is -2.39. The minimum absolute atomic E-state index is 0.0256. The van der Waals surface area contributed by atoms with E-state index < -0.39 is 12.0 Å². The van der Waals surface area contributed by atoms with E-state index in [1.165, 1.54) is 11.3 Å². The first-order valence-corrected chi connectivity index (χ1v) is 7.22. The molecule has 1 aromatic heterocycles. The maximum Gasteiger partial charge on any atom is 0.327 e. The molecule has 2 aromatic rings. The molecule has 21 heavy (non-hydrogen) atoms. The lowest BCUT2D eigenvalue weighted by atomic mass is 10.2. The molecule has 0 radical (unpaired) electrons. The molecule has 0 aliphatic carbocycles. The molecule has 2 rings (SSSR count). The fourth-order valence-electron chi connectivity index (χ4n) is 1.83. The van der Waals surface area contributed by atoms with Crippen LogP contribution in [0.5, 0.6) is 0 Å². The van der Waals surface area contributed by atoms with Crippen LogP contribution in [0.15, 0.2) is 24.3 Å². The van der Waals surface area contributed by atoms with Crippen LogP contribution in [0.2, 0.25) is 0 Å². The lowest BCUT2D eigenvalue weighted by Crippen LogP contribution is -2.40. The number of aryl methyl sites for hydroxylation is 1. The molecule has 0 aliphatic heterocycles. The number of aliphatic carboxylic acids is 1. The maximum absolute atomic E-state index is 11.8. The van der Waals surface area contributed by atoms with Crippen LogP contribution in [0.25, 0.3) is 10.2 Å². The van der Waals surface area contributed by atoms with Crippen molar-refractivity contribution in [3.05, 3.63) is 29.3 Å². The van der Waals surface area contributed by atoms with Crippen molar-refractivity contribution in [2.75, 3.05) is 0 Å². The van der Waals surface area contributed by atoms with Gasteiger partial charge in [-0.1, -0.05) is 12.1 Å². The van der Waals surface area contributed by atoms with Crippen molar-refractivity contribution in [3.8, 4) is 12.3 Å². The fraction of sp³-hybridized carbons (Fsp3) is 0.267. The van der Waals surface area contributed by atoms with E-state index >= 15 is 0 Å². The molecule has 5 nitrogen and oxygen atoms in total. The number of carboxylic acids is 1. The Morgan fingerprint density at radius 3 is 2.86 bits per heavy atom. The second-order valence-electron chi connectivity index (χ2n) is 4.44. The summed E-state index contributed by atoms with van der Waals surface area (Å²) >= 11 is 1.53. The van der Waals surface area contributed by atoms with Crippen molar-refractivity contribution in [1.29, 1.82) is 0 Å². The van der Waals surface area contributed by atoms with Gasteiger partial charge in [0.2, 0.25) is 5.91 Å². The number of nitrogens with zero attached hydrogens (tertiary/aromatic N) is 1. The van der Waals surface area contributed by atoms with Gasteiger partial charge < -0.3 is 10.4 Å². The highest BCUT2D eigenvalue weighted by atomic mass is 32.1. The number of hydrogen-bond donors (Lipinski definition) is 2. The molecular formula is C15H14N2O3S. The normalized spacial score (nSPS) is 11.8. The standard InChI is InChI=1S/C15H14N2O3S/c1-2-5-11(15(19)20)16-13(18)8-9-14-17-10-6-3-4-7-12(10)21-14/h1,3-4,6-7,11H,5,8-9H2,(H,16,18)(H,19,20). The van der Waals surface area contributed by atoms with Crippen LogP contribution in [-0.4, -0.2) is 28.0 Å². The molecule has 1 atom stereocenters. The smallest absolute Gasteiger partial charge is 0.327 e. The third kappa shape index (κ3) is 4.04. The Kier molecular flexibility index (Phi) is 4.90. The third-order valence-corrected chi connectivity index (χ3v) is 3.96. The monoisotopic (exact) mass is 302 g/mol. The number of amides is 1. The van der Waals surface area contributed by atoms with E-state index in [1.807, 2.05) is 24.3 Å². The SMILES string of the molecule is C#CCC(NC(=O)CCc1nc2ccccc2s1)C(=O)O. The largest absolute Gasteiger partial charge is 0.480 e. The number of rotatable bonds is 6.